The third-order valence-corrected chi connectivity index (χ3v) is 4.84. The minimum Gasteiger partial charge on any atom is -0.437 e. The van der Waals surface area contributed by atoms with Gasteiger partial charge in [0.25, 0.3) is 5.91 Å². The van der Waals surface area contributed by atoms with Gasteiger partial charge < -0.3 is 4.42 Å². The maximum atomic E-state index is 12.7. The number of benzene rings is 2. The van der Waals surface area contributed by atoms with Crippen molar-refractivity contribution in [1.82, 2.24) is 15.2 Å². The number of carbonyl (C=O) groups is 2. The number of para-hydroxylation sites is 2. The quantitative estimate of drug-likeness (QED) is 0.296. The molecule has 4 aromatic rings. The lowest BCUT2D eigenvalue weighted by Crippen LogP contribution is -2.25. The van der Waals surface area contributed by atoms with Gasteiger partial charge in [0.2, 0.25) is 12.0 Å². The number of hydrogen-bond donors (Lipinski definition) is 1. The number of nitrogens with one attached hydrogen (secondary N) is 1. The molecule has 2 aromatic carbocycles. The minimum atomic E-state index is -0.587. The van der Waals surface area contributed by atoms with Crippen LogP contribution >= 0.6 is 11.6 Å². The molecule has 2 aromatic heterocycles. The van der Waals surface area contributed by atoms with E-state index in [1.54, 1.807) is 35.9 Å². The van der Waals surface area contributed by atoms with E-state index in [4.69, 9.17) is 16.0 Å². The van der Waals surface area contributed by atoms with Gasteiger partial charge >= 0.3 is 0 Å². The van der Waals surface area contributed by atoms with Crippen molar-refractivity contribution < 1.29 is 14.0 Å². The molecule has 4 rings (SSSR count). The lowest BCUT2D eigenvalue weighted by molar-refractivity contribution is -0.107. The highest BCUT2D eigenvalue weighted by atomic mass is 35.5. The molecule has 0 atom stereocenters. The molecule has 0 radical (unpaired) electrons. The molecular weight excluding hydrogens is 418 g/mol. The minimum absolute atomic E-state index is 0.0748. The smallest absolute Gasteiger partial charge is 0.276 e. The van der Waals surface area contributed by atoms with Crippen molar-refractivity contribution in [3.63, 3.8) is 0 Å². The zero-order valence-electron chi connectivity index (χ0n) is 16.3. The molecule has 0 unspecified atom stereocenters. The van der Waals surface area contributed by atoms with Crippen LogP contribution in [-0.2, 0) is 4.79 Å². The summed E-state index contributed by atoms with van der Waals surface area (Å²) >= 11 is 6.46. The fourth-order valence-electron chi connectivity index (χ4n) is 2.99. The summed E-state index contributed by atoms with van der Waals surface area (Å²) < 4.78 is 7.15. The van der Waals surface area contributed by atoms with E-state index in [2.05, 4.69) is 20.6 Å². The Morgan fingerprint density at radius 1 is 1.16 bits per heavy atom. The van der Waals surface area contributed by atoms with Crippen molar-refractivity contribution in [3.05, 3.63) is 88.2 Å². The Bertz CT molecular complexity index is 1370. The molecule has 0 spiro atoms. The number of fused-ring (bicyclic) bond motifs is 1. The number of amides is 2. The average Bonchev–Trinajstić information content (AvgIpc) is 3.07. The molecule has 154 valence electrons. The molecule has 0 fully saturated rings. The molecule has 0 bridgehead atoms. The van der Waals surface area contributed by atoms with E-state index in [1.165, 1.54) is 6.21 Å². The van der Waals surface area contributed by atoms with Gasteiger partial charge in [-0.05, 0) is 31.2 Å². The molecule has 0 aliphatic rings. The number of hydrazone groups is 1. The molecule has 2 heterocycles. The maximum Gasteiger partial charge on any atom is 0.276 e. The van der Waals surface area contributed by atoms with E-state index in [0.717, 1.165) is 5.69 Å². The van der Waals surface area contributed by atoms with Crippen molar-refractivity contribution in [1.29, 1.82) is 0 Å². The normalized spacial score (nSPS) is 11.9. The van der Waals surface area contributed by atoms with Gasteiger partial charge in [0.1, 0.15) is 16.3 Å². The first-order valence-corrected chi connectivity index (χ1v) is 9.60. The van der Waals surface area contributed by atoms with Gasteiger partial charge in [0.05, 0.1) is 23.2 Å². The van der Waals surface area contributed by atoms with E-state index in [9.17, 15) is 9.59 Å². The van der Waals surface area contributed by atoms with E-state index in [1.807, 2.05) is 36.4 Å². The highest BCUT2D eigenvalue weighted by Crippen LogP contribution is 2.21. The molecule has 0 saturated carbocycles. The first-order valence-electron chi connectivity index (χ1n) is 9.23. The van der Waals surface area contributed by atoms with E-state index in [-0.39, 0.29) is 11.1 Å². The van der Waals surface area contributed by atoms with Crippen LogP contribution in [0.3, 0.4) is 0 Å². The SMILES string of the molecule is Cc1nn(-c2ccccc2)c(Cl)c1C=NNC(=O)c1cc2ccccc2oc1=NC=O. The van der Waals surface area contributed by atoms with Crippen LogP contribution in [0.1, 0.15) is 21.6 Å². The Balaban J connectivity index is 1.61. The second kappa shape index (κ2) is 8.76. The van der Waals surface area contributed by atoms with Crippen molar-refractivity contribution in [2.24, 2.45) is 10.1 Å². The largest absolute Gasteiger partial charge is 0.437 e. The summed E-state index contributed by atoms with van der Waals surface area (Å²) in [4.78, 5) is 27.1. The number of rotatable bonds is 5. The number of nitrogens with zero attached hydrogens (tertiary/aromatic N) is 4. The summed E-state index contributed by atoms with van der Waals surface area (Å²) in [5, 5.41) is 9.46. The van der Waals surface area contributed by atoms with E-state index >= 15 is 0 Å². The summed E-state index contributed by atoms with van der Waals surface area (Å²) in [6, 6.07) is 18.1. The van der Waals surface area contributed by atoms with Crippen molar-refractivity contribution >= 4 is 41.1 Å². The lowest BCUT2D eigenvalue weighted by Gasteiger charge is -2.03. The maximum absolute atomic E-state index is 12.7. The fraction of sp³-hybridized carbons (Fsp3) is 0.0455. The van der Waals surface area contributed by atoms with Crippen molar-refractivity contribution in [3.8, 4) is 5.69 Å². The van der Waals surface area contributed by atoms with Gasteiger partial charge in [0, 0.05) is 5.39 Å². The molecule has 2 amide bonds. The Kier molecular flexibility index (Phi) is 5.72. The highest BCUT2D eigenvalue weighted by molar-refractivity contribution is 6.32. The van der Waals surface area contributed by atoms with Crippen molar-refractivity contribution in [2.75, 3.05) is 0 Å². The molecule has 0 aliphatic heterocycles. The number of hydrogen-bond acceptors (Lipinski definition) is 5. The van der Waals surface area contributed by atoms with Crippen LogP contribution in [0.4, 0.5) is 0 Å². The lowest BCUT2D eigenvalue weighted by atomic mass is 10.2. The van der Waals surface area contributed by atoms with Gasteiger partial charge in [-0.1, -0.05) is 48.0 Å². The average molecular weight is 434 g/mol. The number of halogens is 1. The van der Waals surface area contributed by atoms with Gasteiger partial charge in [-0.3, -0.25) is 9.59 Å². The first-order chi connectivity index (χ1) is 15.1. The number of aromatic nitrogens is 2. The number of carbonyl (C=O) groups excluding carboxylic acids is 2. The zero-order chi connectivity index (χ0) is 21.8. The first kappa shape index (κ1) is 20.2. The summed E-state index contributed by atoms with van der Waals surface area (Å²) in [5.41, 5.74) is 4.89. The van der Waals surface area contributed by atoms with Crippen LogP contribution in [0.5, 0.6) is 0 Å². The van der Waals surface area contributed by atoms with Gasteiger partial charge in [-0.25, -0.2) is 10.1 Å². The third-order valence-electron chi connectivity index (χ3n) is 4.48. The molecule has 8 nitrogen and oxygen atoms in total. The predicted octanol–water partition coefficient (Wildman–Crippen LogP) is 3.40. The van der Waals surface area contributed by atoms with Crippen LogP contribution < -0.4 is 11.0 Å². The van der Waals surface area contributed by atoms with Crippen LogP contribution in [-0.4, -0.2) is 28.3 Å². The fourth-order valence-corrected chi connectivity index (χ4v) is 3.31. The number of aryl methyl sites for hydroxylation is 1. The molecule has 31 heavy (non-hydrogen) atoms. The van der Waals surface area contributed by atoms with Crippen molar-refractivity contribution in [2.45, 2.75) is 6.92 Å². The van der Waals surface area contributed by atoms with Gasteiger partial charge in [0.15, 0.2) is 0 Å². The topological polar surface area (TPSA) is 102 Å². The summed E-state index contributed by atoms with van der Waals surface area (Å²) in [5.74, 6) is -0.587. The summed E-state index contributed by atoms with van der Waals surface area (Å²) in [7, 11) is 0. The van der Waals surface area contributed by atoms with E-state index < -0.39 is 5.91 Å². The molecule has 0 aliphatic carbocycles. The zero-order valence-corrected chi connectivity index (χ0v) is 17.1. The Morgan fingerprint density at radius 2 is 1.90 bits per heavy atom. The van der Waals surface area contributed by atoms with Gasteiger partial charge in [-0.2, -0.15) is 15.2 Å². The highest BCUT2D eigenvalue weighted by Gasteiger charge is 2.14. The van der Waals surface area contributed by atoms with Crippen LogP contribution in [0.2, 0.25) is 5.15 Å². The van der Waals surface area contributed by atoms with Crippen LogP contribution in [0, 0.1) is 6.92 Å². The second-order valence-electron chi connectivity index (χ2n) is 6.47. The van der Waals surface area contributed by atoms with E-state index in [0.29, 0.717) is 33.8 Å². The summed E-state index contributed by atoms with van der Waals surface area (Å²) in [6.07, 6.45) is 1.73. The molecule has 9 heteroatoms. The Morgan fingerprint density at radius 3 is 2.68 bits per heavy atom. The Hall–Kier alpha value is -4.04. The third kappa shape index (κ3) is 4.15. The monoisotopic (exact) mass is 433 g/mol. The Labute approximate surface area is 181 Å². The predicted molar refractivity (Wildman–Crippen MR) is 116 cm³/mol. The van der Waals surface area contributed by atoms with Crippen LogP contribution in [0.15, 0.2) is 75.2 Å². The van der Waals surface area contributed by atoms with Crippen LogP contribution in [0.25, 0.3) is 16.7 Å². The second-order valence-corrected chi connectivity index (χ2v) is 6.83. The molecule has 1 N–H and O–H groups in total. The standard InChI is InChI=1S/C22H16ClN5O3/c1-14-18(20(23)28(27-14)16-8-3-2-4-9-16)12-25-26-21(30)17-11-15-7-5-6-10-19(15)31-22(17)24-13-29/h2-13H,1H3,(H,26,30). The molecule has 0 saturated heterocycles. The summed E-state index contributed by atoms with van der Waals surface area (Å²) in [6.45, 7) is 1.79. The van der Waals surface area contributed by atoms with Gasteiger partial charge in [-0.15, -0.1) is 0 Å². The molecular formula is C22H16ClN5O3.